The van der Waals surface area contributed by atoms with E-state index in [-0.39, 0.29) is 33.9 Å². The average Bonchev–Trinajstić information content (AvgIpc) is 2.54. The van der Waals surface area contributed by atoms with Gasteiger partial charge in [0.2, 0.25) is 15.9 Å². The molecule has 1 fully saturated rings. The fourth-order valence-electron chi connectivity index (χ4n) is 2.68. The van der Waals surface area contributed by atoms with Crippen molar-refractivity contribution in [3.05, 3.63) is 28.2 Å². The highest BCUT2D eigenvalue weighted by Gasteiger charge is 2.33. The number of sulfonamides is 1. The number of carbonyl (C=O) groups is 1. The summed E-state index contributed by atoms with van der Waals surface area (Å²) in [5.41, 5.74) is 5.85. The minimum absolute atomic E-state index is 0.0872. The van der Waals surface area contributed by atoms with Crippen LogP contribution in [0.15, 0.2) is 23.1 Å². The topological polar surface area (TPSA) is 83.7 Å². The van der Waals surface area contributed by atoms with Crippen LogP contribution in [0.2, 0.25) is 10.0 Å². The first-order chi connectivity index (χ1) is 11.3. The van der Waals surface area contributed by atoms with Gasteiger partial charge < -0.3 is 10.6 Å². The van der Waals surface area contributed by atoms with Gasteiger partial charge in [-0.05, 0) is 18.6 Å². The van der Waals surface area contributed by atoms with Crippen LogP contribution in [0, 0.1) is 0 Å². The van der Waals surface area contributed by atoms with Crippen LogP contribution < -0.4 is 5.73 Å². The molecular formula is C15H21Cl2N3O3S. The minimum Gasteiger partial charge on any atom is -0.339 e. The number of rotatable bonds is 5. The first-order valence-corrected chi connectivity index (χ1v) is 9.97. The molecule has 1 unspecified atom stereocenters. The Labute approximate surface area is 152 Å². The van der Waals surface area contributed by atoms with Crippen molar-refractivity contribution in [3.8, 4) is 0 Å². The van der Waals surface area contributed by atoms with Gasteiger partial charge in [-0.3, -0.25) is 4.79 Å². The molecule has 2 rings (SSSR count). The molecule has 0 bridgehead atoms. The minimum atomic E-state index is -3.80. The van der Waals surface area contributed by atoms with Gasteiger partial charge in [0.15, 0.2) is 0 Å². The lowest BCUT2D eigenvalue weighted by Gasteiger charge is -2.35. The quantitative estimate of drug-likeness (QED) is 0.828. The van der Waals surface area contributed by atoms with Crippen LogP contribution in [-0.2, 0) is 14.8 Å². The number of nitrogens with two attached hydrogens (primary N) is 1. The molecule has 1 aromatic rings. The van der Waals surface area contributed by atoms with Gasteiger partial charge in [-0.2, -0.15) is 4.31 Å². The lowest BCUT2D eigenvalue weighted by molar-refractivity contribution is -0.133. The van der Waals surface area contributed by atoms with Gasteiger partial charge in [-0.25, -0.2) is 8.42 Å². The lowest BCUT2D eigenvalue weighted by atomic mass is 10.1. The Hall–Kier alpha value is -0.860. The fraction of sp³-hybridized carbons (Fsp3) is 0.533. The molecule has 134 valence electrons. The maximum absolute atomic E-state index is 12.8. The number of piperazine rings is 1. The van der Waals surface area contributed by atoms with E-state index in [9.17, 15) is 13.2 Å². The molecule has 0 saturated carbocycles. The van der Waals surface area contributed by atoms with Crippen molar-refractivity contribution in [2.24, 2.45) is 5.73 Å². The maximum Gasteiger partial charge on any atom is 0.246 e. The highest BCUT2D eigenvalue weighted by atomic mass is 35.5. The summed E-state index contributed by atoms with van der Waals surface area (Å²) in [6.07, 6.45) is 1.44. The summed E-state index contributed by atoms with van der Waals surface area (Å²) in [5, 5.41) is 0.178. The molecule has 1 heterocycles. The number of hydrogen-bond acceptors (Lipinski definition) is 4. The van der Waals surface area contributed by atoms with E-state index in [4.69, 9.17) is 28.9 Å². The third-order valence-corrected chi connectivity index (χ3v) is 6.84. The predicted octanol–water partition coefficient (Wildman–Crippen LogP) is 1.95. The van der Waals surface area contributed by atoms with Gasteiger partial charge in [-0.15, -0.1) is 0 Å². The van der Waals surface area contributed by atoms with E-state index in [1.807, 2.05) is 6.92 Å². The molecule has 0 spiro atoms. The number of amides is 1. The van der Waals surface area contributed by atoms with Crippen LogP contribution in [0.1, 0.15) is 19.8 Å². The van der Waals surface area contributed by atoms with Crippen molar-refractivity contribution in [2.45, 2.75) is 30.7 Å². The van der Waals surface area contributed by atoms with Gasteiger partial charge >= 0.3 is 0 Å². The Kier molecular flexibility index (Phi) is 6.50. The molecule has 0 aliphatic carbocycles. The molecule has 1 atom stereocenters. The SMILES string of the molecule is CCCC(N)C(=O)N1CCN(S(=O)(=O)c2c(Cl)cccc2Cl)CC1. The fourth-order valence-corrected chi connectivity index (χ4v) is 5.19. The molecule has 6 nitrogen and oxygen atoms in total. The Morgan fingerprint density at radius 2 is 1.75 bits per heavy atom. The average molecular weight is 394 g/mol. The van der Waals surface area contributed by atoms with Crippen LogP contribution in [0.4, 0.5) is 0 Å². The monoisotopic (exact) mass is 393 g/mol. The van der Waals surface area contributed by atoms with Crippen molar-refractivity contribution in [3.63, 3.8) is 0 Å². The molecular weight excluding hydrogens is 373 g/mol. The molecule has 9 heteroatoms. The summed E-state index contributed by atoms with van der Waals surface area (Å²) in [5.74, 6) is -0.135. The van der Waals surface area contributed by atoms with E-state index < -0.39 is 16.1 Å². The van der Waals surface area contributed by atoms with E-state index in [2.05, 4.69) is 0 Å². The van der Waals surface area contributed by atoms with E-state index in [1.165, 1.54) is 16.4 Å². The second-order valence-corrected chi connectivity index (χ2v) is 8.36. The highest BCUT2D eigenvalue weighted by molar-refractivity contribution is 7.89. The van der Waals surface area contributed by atoms with Crippen molar-refractivity contribution >= 4 is 39.1 Å². The number of carbonyl (C=O) groups excluding carboxylic acids is 1. The maximum atomic E-state index is 12.8. The molecule has 0 aromatic heterocycles. The van der Waals surface area contributed by atoms with Gasteiger partial charge in [0.25, 0.3) is 0 Å². The van der Waals surface area contributed by atoms with E-state index >= 15 is 0 Å². The molecule has 0 radical (unpaired) electrons. The molecule has 1 saturated heterocycles. The molecule has 1 aliphatic heterocycles. The van der Waals surface area contributed by atoms with E-state index in [1.54, 1.807) is 11.0 Å². The molecule has 1 aliphatic rings. The third-order valence-electron chi connectivity index (χ3n) is 3.98. The number of nitrogens with zero attached hydrogens (tertiary/aromatic N) is 2. The first-order valence-electron chi connectivity index (χ1n) is 7.77. The van der Waals surface area contributed by atoms with Crippen LogP contribution in [-0.4, -0.2) is 55.8 Å². The summed E-state index contributed by atoms with van der Waals surface area (Å²) in [7, 11) is -3.80. The van der Waals surface area contributed by atoms with Crippen molar-refractivity contribution in [1.82, 2.24) is 9.21 Å². The molecule has 1 aromatic carbocycles. The normalized spacial score (nSPS) is 17.8. The van der Waals surface area contributed by atoms with Crippen LogP contribution in [0.25, 0.3) is 0 Å². The zero-order valence-electron chi connectivity index (χ0n) is 13.4. The summed E-state index contributed by atoms with van der Waals surface area (Å²) in [6, 6.07) is 4.04. The number of halogens is 2. The standard InChI is InChI=1S/C15H21Cl2N3O3S/c1-2-4-13(18)15(21)19-7-9-20(10-8-19)24(22,23)14-11(16)5-3-6-12(14)17/h3,5-6,13H,2,4,7-10,18H2,1H3. The second-order valence-electron chi connectivity index (χ2n) is 5.68. The Morgan fingerprint density at radius 3 is 2.25 bits per heavy atom. The number of hydrogen-bond donors (Lipinski definition) is 1. The van der Waals surface area contributed by atoms with Crippen LogP contribution in [0.3, 0.4) is 0 Å². The smallest absolute Gasteiger partial charge is 0.246 e. The first kappa shape index (κ1) is 19.5. The van der Waals surface area contributed by atoms with Gasteiger partial charge in [0, 0.05) is 26.2 Å². The Morgan fingerprint density at radius 1 is 1.21 bits per heavy atom. The Bertz CT molecular complexity index is 684. The highest BCUT2D eigenvalue weighted by Crippen LogP contribution is 2.31. The summed E-state index contributed by atoms with van der Waals surface area (Å²) in [6.45, 7) is 2.95. The molecule has 24 heavy (non-hydrogen) atoms. The van der Waals surface area contributed by atoms with Gasteiger partial charge in [-0.1, -0.05) is 42.6 Å². The zero-order valence-corrected chi connectivity index (χ0v) is 15.7. The predicted molar refractivity (Wildman–Crippen MR) is 94.7 cm³/mol. The van der Waals surface area contributed by atoms with E-state index in [0.717, 1.165) is 6.42 Å². The zero-order chi connectivity index (χ0) is 17.9. The van der Waals surface area contributed by atoms with Crippen LogP contribution in [0.5, 0.6) is 0 Å². The number of benzene rings is 1. The lowest BCUT2D eigenvalue weighted by Crippen LogP contribution is -2.54. The molecule has 1 amide bonds. The van der Waals surface area contributed by atoms with Gasteiger partial charge in [0.05, 0.1) is 16.1 Å². The molecule has 2 N–H and O–H groups in total. The third kappa shape index (κ3) is 4.03. The summed E-state index contributed by atoms with van der Waals surface area (Å²) < 4.78 is 26.8. The Balaban J connectivity index is 2.10. The summed E-state index contributed by atoms with van der Waals surface area (Å²) >= 11 is 12.0. The summed E-state index contributed by atoms with van der Waals surface area (Å²) in [4.78, 5) is 13.7. The van der Waals surface area contributed by atoms with Crippen molar-refractivity contribution < 1.29 is 13.2 Å². The second kappa shape index (κ2) is 8.01. The van der Waals surface area contributed by atoms with Crippen molar-refractivity contribution in [2.75, 3.05) is 26.2 Å². The van der Waals surface area contributed by atoms with Crippen LogP contribution >= 0.6 is 23.2 Å². The van der Waals surface area contributed by atoms with Gasteiger partial charge in [0.1, 0.15) is 4.90 Å². The van der Waals surface area contributed by atoms with Crippen molar-refractivity contribution in [1.29, 1.82) is 0 Å². The van der Waals surface area contributed by atoms with E-state index in [0.29, 0.717) is 19.5 Å². The largest absolute Gasteiger partial charge is 0.339 e.